The van der Waals surface area contributed by atoms with Crippen LogP contribution >= 0.6 is 0 Å². The Labute approximate surface area is 115 Å². The first-order valence-electron chi connectivity index (χ1n) is 6.75. The fraction of sp³-hybridized carbons (Fsp3) is 0.471. The number of ether oxygens (including phenoxy) is 1. The molecule has 0 amide bonds. The lowest BCUT2D eigenvalue weighted by molar-refractivity contribution is 0.0598. The molecule has 0 fully saturated rings. The Hall–Kier alpha value is -1.57. The van der Waals surface area contributed by atoms with Crippen LogP contribution in [0.2, 0.25) is 0 Å². The molecule has 2 rings (SSSR count). The standard InChI is InChI=1S/C17H22O2/c1-11-10-15(17(3,4)12(11)2)13-8-6-7-9-14(13)16(18)19-5/h6-10,12,15H,1-5H3. The van der Waals surface area contributed by atoms with Crippen LogP contribution < -0.4 is 0 Å². The quantitative estimate of drug-likeness (QED) is 0.587. The minimum atomic E-state index is -0.253. The SMILES string of the molecule is COC(=O)c1ccccc1C1C=C(C)C(C)C1(C)C. The third-order valence-corrected chi connectivity index (χ3v) is 4.73. The van der Waals surface area contributed by atoms with Gasteiger partial charge in [-0.1, -0.05) is 50.6 Å². The number of esters is 1. The van der Waals surface area contributed by atoms with E-state index in [4.69, 9.17) is 4.74 Å². The van der Waals surface area contributed by atoms with Crippen molar-refractivity contribution in [2.24, 2.45) is 11.3 Å². The Morgan fingerprint density at radius 3 is 2.42 bits per heavy atom. The Morgan fingerprint density at radius 1 is 1.26 bits per heavy atom. The topological polar surface area (TPSA) is 26.3 Å². The number of carbonyl (C=O) groups is 1. The summed E-state index contributed by atoms with van der Waals surface area (Å²) in [6, 6.07) is 7.77. The van der Waals surface area contributed by atoms with Gasteiger partial charge in [0, 0.05) is 5.92 Å². The van der Waals surface area contributed by atoms with Gasteiger partial charge in [-0.2, -0.15) is 0 Å². The van der Waals surface area contributed by atoms with Crippen LogP contribution in [0.4, 0.5) is 0 Å². The number of benzene rings is 1. The molecule has 1 aliphatic carbocycles. The molecule has 1 aromatic rings. The van der Waals surface area contributed by atoms with E-state index < -0.39 is 0 Å². The van der Waals surface area contributed by atoms with Gasteiger partial charge in [-0.3, -0.25) is 0 Å². The summed E-state index contributed by atoms with van der Waals surface area (Å²) < 4.78 is 4.90. The van der Waals surface area contributed by atoms with Crippen LogP contribution in [0.1, 0.15) is 49.5 Å². The average molecular weight is 258 g/mol. The van der Waals surface area contributed by atoms with Crippen molar-refractivity contribution in [3.05, 3.63) is 47.0 Å². The molecule has 102 valence electrons. The van der Waals surface area contributed by atoms with Crippen molar-refractivity contribution in [3.8, 4) is 0 Å². The molecule has 0 heterocycles. The Bertz CT molecular complexity index is 526. The largest absolute Gasteiger partial charge is 0.465 e. The minimum Gasteiger partial charge on any atom is -0.465 e. The Kier molecular flexibility index (Phi) is 3.53. The molecule has 0 saturated heterocycles. The van der Waals surface area contributed by atoms with E-state index in [0.29, 0.717) is 11.5 Å². The van der Waals surface area contributed by atoms with Gasteiger partial charge >= 0.3 is 5.97 Å². The van der Waals surface area contributed by atoms with Gasteiger partial charge in [0.05, 0.1) is 12.7 Å². The lowest BCUT2D eigenvalue weighted by Gasteiger charge is -2.33. The minimum absolute atomic E-state index is 0.119. The van der Waals surface area contributed by atoms with E-state index in [1.807, 2.05) is 24.3 Å². The molecule has 0 aliphatic heterocycles. The van der Waals surface area contributed by atoms with Crippen molar-refractivity contribution in [2.75, 3.05) is 7.11 Å². The zero-order chi connectivity index (χ0) is 14.2. The fourth-order valence-corrected chi connectivity index (χ4v) is 3.03. The summed E-state index contributed by atoms with van der Waals surface area (Å²) in [5, 5.41) is 0. The summed E-state index contributed by atoms with van der Waals surface area (Å²) in [5.41, 5.74) is 3.27. The third kappa shape index (κ3) is 2.20. The van der Waals surface area contributed by atoms with Gasteiger partial charge in [-0.15, -0.1) is 0 Å². The molecule has 2 heteroatoms. The van der Waals surface area contributed by atoms with E-state index in [-0.39, 0.29) is 17.3 Å². The summed E-state index contributed by atoms with van der Waals surface area (Å²) >= 11 is 0. The Balaban J connectivity index is 2.52. The van der Waals surface area contributed by atoms with Gasteiger partial charge in [0.1, 0.15) is 0 Å². The second-order valence-corrected chi connectivity index (χ2v) is 6.01. The van der Waals surface area contributed by atoms with Crippen molar-refractivity contribution in [1.82, 2.24) is 0 Å². The van der Waals surface area contributed by atoms with Crippen molar-refractivity contribution >= 4 is 5.97 Å². The molecule has 0 N–H and O–H groups in total. The summed E-state index contributed by atoms with van der Waals surface area (Å²) in [7, 11) is 1.43. The van der Waals surface area contributed by atoms with E-state index in [9.17, 15) is 4.79 Å². The molecular formula is C17H22O2. The molecule has 0 spiro atoms. The van der Waals surface area contributed by atoms with Crippen LogP contribution in [0.15, 0.2) is 35.9 Å². The maximum Gasteiger partial charge on any atom is 0.338 e. The zero-order valence-electron chi connectivity index (χ0n) is 12.4. The van der Waals surface area contributed by atoms with Crippen LogP contribution in [-0.4, -0.2) is 13.1 Å². The maximum atomic E-state index is 11.9. The monoisotopic (exact) mass is 258 g/mol. The number of rotatable bonds is 2. The summed E-state index contributed by atoms with van der Waals surface area (Å²) in [4.78, 5) is 11.9. The van der Waals surface area contributed by atoms with Crippen LogP contribution in [-0.2, 0) is 4.74 Å². The van der Waals surface area contributed by atoms with Gasteiger partial charge in [0.15, 0.2) is 0 Å². The van der Waals surface area contributed by atoms with E-state index >= 15 is 0 Å². The highest BCUT2D eigenvalue weighted by molar-refractivity contribution is 5.91. The van der Waals surface area contributed by atoms with Gasteiger partial charge in [-0.25, -0.2) is 4.79 Å². The van der Waals surface area contributed by atoms with Crippen molar-refractivity contribution in [2.45, 2.75) is 33.6 Å². The van der Waals surface area contributed by atoms with Crippen LogP contribution in [0, 0.1) is 11.3 Å². The molecule has 2 nitrogen and oxygen atoms in total. The van der Waals surface area contributed by atoms with E-state index in [1.165, 1.54) is 12.7 Å². The van der Waals surface area contributed by atoms with Gasteiger partial charge < -0.3 is 4.74 Å². The van der Waals surface area contributed by atoms with E-state index in [1.54, 1.807) is 0 Å². The lowest BCUT2D eigenvalue weighted by atomic mass is 9.71. The molecule has 0 aromatic heterocycles. The molecule has 2 unspecified atom stereocenters. The highest BCUT2D eigenvalue weighted by Crippen LogP contribution is 2.51. The Morgan fingerprint density at radius 2 is 1.89 bits per heavy atom. The molecule has 1 aromatic carbocycles. The molecule has 2 atom stereocenters. The first-order chi connectivity index (χ1) is 8.89. The number of hydrogen-bond acceptors (Lipinski definition) is 2. The highest BCUT2D eigenvalue weighted by Gasteiger charge is 2.41. The first kappa shape index (κ1) is 13.9. The van der Waals surface area contributed by atoms with Crippen molar-refractivity contribution in [1.29, 1.82) is 0 Å². The second kappa shape index (κ2) is 4.84. The predicted molar refractivity (Wildman–Crippen MR) is 77.2 cm³/mol. The molecule has 0 saturated carbocycles. The predicted octanol–water partition coefficient (Wildman–Crippen LogP) is 4.18. The zero-order valence-corrected chi connectivity index (χ0v) is 12.4. The smallest absolute Gasteiger partial charge is 0.338 e. The van der Waals surface area contributed by atoms with Gasteiger partial charge in [-0.05, 0) is 29.9 Å². The van der Waals surface area contributed by atoms with E-state index in [2.05, 4.69) is 33.8 Å². The fourth-order valence-electron chi connectivity index (χ4n) is 3.03. The van der Waals surface area contributed by atoms with E-state index in [0.717, 1.165) is 5.56 Å². The maximum absolute atomic E-state index is 11.9. The summed E-state index contributed by atoms with van der Waals surface area (Å²) in [5.74, 6) is 0.526. The van der Waals surface area contributed by atoms with Gasteiger partial charge in [0.2, 0.25) is 0 Å². The van der Waals surface area contributed by atoms with Crippen molar-refractivity contribution < 1.29 is 9.53 Å². The third-order valence-electron chi connectivity index (χ3n) is 4.73. The number of methoxy groups -OCH3 is 1. The number of allylic oxidation sites excluding steroid dienone is 2. The highest BCUT2D eigenvalue weighted by atomic mass is 16.5. The molecule has 0 radical (unpaired) electrons. The first-order valence-corrected chi connectivity index (χ1v) is 6.75. The molecule has 19 heavy (non-hydrogen) atoms. The second-order valence-electron chi connectivity index (χ2n) is 6.01. The molecule has 1 aliphatic rings. The lowest BCUT2D eigenvalue weighted by Crippen LogP contribution is -2.25. The van der Waals surface area contributed by atoms with Crippen molar-refractivity contribution in [3.63, 3.8) is 0 Å². The van der Waals surface area contributed by atoms with Crippen LogP contribution in [0.3, 0.4) is 0 Å². The summed E-state index contributed by atoms with van der Waals surface area (Å²) in [6.45, 7) is 8.96. The molecule has 0 bridgehead atoms. The molecular weight excluding hydrogens is 236 g/mol. The van der Waals surface area contributed by atoms with Gasteiger partial charge in [0.25, 0.3) is 0 Å². The average Bonchev–Trinajstić information content (AvgIpc) is 2.61. The number of carbonyl (C=O) groups excluding carboxylic acids is 1. The van der Waals surface area contributed by atoms with Crippen LogP contribution in [0.5, 0.6) is 0 Å². The summed E-state index contributed by atoms with van der Waals surface area (Å²) in [6.07, 6.45) is 2.30. The van der Waals surface area contributed by atoms with Crippen LogP contribution in [0.25, 0.3) is 0 Å². The number of hydrogen-bond donors (Lipinski definition) is 0. The normalized spacial score (nSPS) is 25.0.